The van der Waals surface area contributed by atoms with Gasteiger partial charge in [0.1, 0.15) is 6.26 Å². The van der Waals surface area contributed by atoms with E-state index in [1.54, 1.807) is 13.3 Å². The van der Waals surface area contributed by atoms with E-state index in [2.05, 4.69) is 21.4 Å². The second-order valence-corrected chi connectivity index (χ2v) is 10.4. The molecule has 8 heteroatoms. The second kappa shape index (κ2) is 15.1. The van der Waals surface area contributed by atoms with E-state index in [-0.39, 0.29) is 18.0 Å². The van der Waals surface area contributed by atoms with Crippen molar-refractivity contribution in [3.8, 4) is 11.5 Å². The topological polar surface area (TPSA) is 115 Å². The van der Waals surface area contributed by atoms with Crippen LogP contribution in [0.4, 0.5) is 0 Å². The number of ether oxygens (including phenoxy) is 1. The zero-order chi connectivity index (χ0) is 28.2. The number of unbranched alkanes of at least 4 members (excludes halogenated alkanes) is 2. The summed E-state index contributed by atoms with van der Waals surface area (Å²) in [5.74, 6) is 0.122. The number of hydrogen-bond donors (Lipinski definition) is 2. The third-order valence-electron chi connectivity index (χ3n) is 7.55. The lowest BCUT2D eigenvalue weighted by Gasteiger charge is -2.27. The van der Waals surface area contributed by atoms with Crippen molar-refractivity contribution >= 4 is 17.4 Å². The molecule has 4 rings (SSSR count). The highest BCUT2D eigenvalue weighted by Gasteiger charge is 2.20. The first-order valence-electron chi connectivity index (χ1n) is 14.2. The number of carbonyl (C=O) groups is 2. The molecule has 1 fully saturated rings. The fourth-order valence-corrected chi connectivity index (χ4v) is 5.23. The van der Waals surface area contributed by atoms with Crippen LogP contribution in [-0.2, 0) is 9.53 Å². The maximum Gasteiger partial charge on any atom is 0.303 e. The van der Waals surface area contributed by atoms with E-state index in [1.165, 1.54) is 19.1 Å². The smallest absolute Gasteiger partial charge is 0.303 e. The standard InChI is InChI=1S/C32H39N3O5/c1-39-27-17-11-23(12-18-27)7-5-20-34-31(38)29-22-40-32(35-29)25-15-13-24(14-16-25)28(26-8-6-19-33-21-26)9-3-2-4-10-30(36)37/h6,8-9,13-16,19,21-23,27H,2-5,7,10-12,17-18,20H2,1H3,(H,34,38)(H,36,37)/t23-,27+. The van der Waals surface area contributed by atoms with E-state index >= 15 is 0 Å². The van der Waals surface area contributed by atoms with Gasteiger partial charge in [0.15, 0.2) is 5.69 Å². The molecule has 40 heavy (non-hydrogen) atoms. The minimum atomic E-state index is -0.768. The highest BCUT2D eigenvalue weighted by Crippen LogP contribution is 2.29. The zero-order valence-corrected chi connectivity index (χ0v) is 23.2. The van der Waals surface area contributed by atoms with Crippen LogP contribution in [-0.4, -0.2) is 46.7 Å². The predicted molar refractivity (Wildman–Crippen MR) is 154 cm³/mol. The molecule has 2 aromatic heterocycles. The van der Waals surface area contributed by atoms with E-state index in [0.717, 1.165) is 66.7 Å². The number of oxazole rings is 1. The number of aromatic nitrogens is 2. The number of methoxy groups -OCH3 is 1. The largest absolute Gasteiger partial charge is 0.481 e. The van der Waals surface area contributed by atoms with E-state index < -0.39 is 5.97 Å². The van der Waals surface area contributed by atoms with Gasteiger partial charge in [0, 0.05) is 43.6 Å². The monoisotopic (exact) mass is 545 g/mol. The van der Waals surface area contributed by atoms with Gasteiger partial charge in [-0.2, -0.15) is 0 Å². The highest BCUT2D eigenvalue weighted by molar-refractivity contribution is 5.92. The molecule has 1 aromatic carbocycles. The van der Waals surface area contributed by atoms with Gasteiger partial charge in [0.25, 0.3) is 5.91 Å². The van der Waals surface area contributed by atoms with E-state index in [0.29, 0.717) is 25.0 Å². The molecule has 0 spiro atoms. The Hall–Kier alpha value is -3.78. The minimum absolute atomic E-state index is 0.178. The summed E-state index contributed by atoms with van der Waals surface area (Å²) >= 11 is 0. The van der Waals surface area contributed by atoms with Crippen LogP contribution in [0.5, 0.6) is 0 Å². The summed E-state index contributed by atoms with van der Waals surface area (Å²) in [6.45, 7) is 0.625. The van der Waals surface area contributed by atoms with Gasteiger partial charge in [0.2, 0.25) is 5.89 Å². The Balaban J connectivity index is 1.31. The van der Waals surface area contributed by atoms with Crippen molar-refractivity contribution in [3.05, 3.63) is 78.0 Å². The van der Waals surface area contributed by atoms with E-state index in [1.807, 2.05) is 42.6 Å². The van der Waals surface area contributed by atoms with Crippen molar-refractivity contribution in [1.82, 2.24) is 15.3 Å². The van der Waals surface area contributed by atoms with Gasteiger partial charge in [-0.25, -0.2) is 4.98 Å². The quantitative estimate of drug-likeness (QED) is 0.221. The van der Waals surface area contributed by atoms with Crippen molar-refractivity contribution in [2.45, 2.75) is 70.3 Å². The maximum atomic E-state index is 12.6. The van der Waals surface area contributed by atoms with Crippen LogP contribution >= 0.6 is 0 Å². The Bertz CT molecular complexity index is 1250. The van der Waals surface area contributed by atoms with Crippen molar-refractivity contribution in [1.29, 1.82) is 0 Å². The number of carboxylic acid groups (broad SMARTS) is 1. The molecule has 3 aromatic rings. The van der Waals surface area contributed by atoms with Gasteiger partial charge in [-0.1, -0.05) is 24.3 Å². The Morgan fingerprint density at radius 2 is 1.88 bits per heavy atom. The van der Waals surface area contributed by atoms with Gasteiger partial charge in [-0.05, 0) is 93.0 Å². The van der Waals surface area contributed by atoms with Crippen LogP contribution in [0.15, 0.2) is 65.5 Å². The van der Waals surface area contributed by atoms with Crippen molar-refractivity contribution < 1.29 is 23.8 Å². The van der Waals surface area contributed by atoms with Crippen LogP contribution in [0.3, 0.4) is 0 Å². The molecule has 2 heterocycles. The summed E-state index contributed by atoms with van der Waals surface area (Å²) in [5, 5.41) is 11.8. The number of nitrogens with one attached hydrogen (secondary N) is 1. The number of nitrogens with zero attached hydrogens (tertiary/aromatic N) is 2. The molecule has 0 aliphatic heterocycles. The van der Waals surface area contributed by atoms with Gasteiger partial charge in [-0.15, -0.1) is 0 Å². The molecule has 2 N–H and O–H groups in total. The average molecular weight is 546 g/mol. The molecule has 0 bridgehead atoms. The summed E-state index contributed by atoms with van der Waals surface area (Å²) in [6, 6.07) is 11.7. The first-order chi connectivity index (χ1) is 19.5. The van der Waals surface area contributed by atoms with Gasteiger partial charge in [0.05, 0.1) is 6.10 Å². The normalized spacial score (nSPS) is 17.5. The summed E-state index contributed by atoms with van der Waals surface area (Å²) in [6.07, 6.45) is 16.6. The van der Waals surface area contributed by atoms with Crippen molar-refractivity contribution in [2.24, 2.45) is 5.92 Å². The van der Waals surface area contributed by atoms with Gasteiger partial charge < -0.3 is 19.6 Å². The first-order valence-corrected chi connectivity index (χ1v) is 14.2. The lowest BCUT2D eigenvalue weighted by Crippen LogP contribution is -2.26. The molecule has 1 saturated carbocycles. The Kier molecular flexibility index (Phi) is 11.0. The van der Waals surface area contributed by atoms with Crippen molar-refractivity contribution in [2.75, 3.05) is 13.7 Å². The Morgan fingerprint density at radius 1 is 1.07 bits per heavy atom. The average Bonchev–Trinajstić information content (AvgIpc) is 3.48. The van der Waals surface area contributed by atoms with Crippen LogP contribution in [0.1, 0.15) is 85.8 Å². The summed E-state index contributed by atoms with van der Waals surface area (Å²) in [4.78, 5) is 32.1. The fraction of sp³-hybridized carbons (Fsp3) is 0.438. The summed E-state index contributed by atoms with van der Waals surface area (Å²) in [5.41, 5.74) is 4.09. The minimum Gasteiger partial charge on any atom is -0.481 e. The Labute approximate surface area is 235 Å². The molecule has 0 saturated heterocycles. The van der Waals surface area contributed by atoms with Gasteiger partial charge in [-0.3, -0.25) is 14.6 Å². The molecule has 0 atom stereocenters. The Morgan fingerprint density at radius 3 is 2.58 bits per heavy atom. The number of benzene rings is 1. The molecule has 8 nitrogen and oxygen atoms in total. The molecule has 0 radical (unpaired) electrons. The number of hydrogen-bond acceptors (Lipinski definition) is 6. The predicted octanol–water partition coefficient (Wildman–Crippen LogP) is 6.53. The lowest BCUT2D eigenvalue weighted by atomic mass is 9.84. The van der Waals surface area contributed by atoms with Crippen LogP contribution in [0.2, 0.25) is 0 Å². The fourth-order valence-electron chi connectivity index (χ4n) is 5.23. The molecule has 1 amide bonds. The lowest BCUT2D eigenvalue weighted by molar-refractivity contribution is -0.137. The van der Waals surface area contributed by atoms with E-state index in [9.17, 15) is 9.59 Å². The van der Waals surface area contributed by atoms with Crippen molar-refractivity contribution in [3.63, 3.8) is 0 Å². The molecule has 1 aliphatic rings. The number of amides is 1. The van der Waals surface area contributed by atoms with Crippen LogP contribution < -0.4 is 5.32 Å². The summed E-state index contributed by atoms with van der Waals surface area (Å²) in [7, 11) is 1.79. The molecule has 1 aliphatic carbocycles. The molecular weight excluding hydrogens is 506 g/mol. The number of carbonyl (C=O) groups excluding carboxylic acids is 1. The SMILES string of the molecule is CO[C@H]1CC[C@@H](CCCNC(=O)c2coc(-c3ccc(C(=CCCCCC(=O)O)c4cccnc4)cc3)n2)CC1. The zero-order valence-electron chi connectivity index (χ0n) is 23.2. The molecule has 212 valence electrons. The number of carboxylic acids is 1. The molecule has 0 unspecified atom stereocenters. The maximum absolute atomic E-state index is 12.6. The van der Waals surface area contributed by atoms with E-state index in [4.69, 9.17) is 14.3 Å². The molecular formula is C32H39N3O5. The second-order valence-electron chi connectivity index (χ2n) is 10.4. The van der Waals surface area contributed by atoms with Crippen LogP contribution in [0.25, 0.3) is 17.0 Å². The van der Waals surface area contributed by atoms with Gasteiger partial charge >= 0.3 is 5.97 Å². The number of rotatable bonds is 14. The third-order valence-corrected chi connectivity index (χ3v) is 7.55. The first kappa shape index (κ1) is 29.2. The highest BCUT2D eigenvalue weighted by atomic mass is 16.5. The third kappa shape index (κ3) is 8.61. The number of pyridine rings is 1. The number of aliphatic carboxylic acids is 1. The number of allylic oxidation sites excluding steroid dienone is 1. The summed E-state index contributed by atoms with van der Waals surface area (Å²) < 4.78 is 11.1. The van der Waals surface area contributed by atoms with Crippen LogP contribution in [0, 0.1) is 5.92 Å².